The fourth-order valence-corrected chi connectivity index (χ4v) is 5.77. The quantitative estimate of drug-likeness (QED) is 0.255. The lowest BCUT2D eigenvalue weighted by molar-refractivity contribution is -0.123. The molecule has 3 aromatic heterocycles. The number of rotatable bonds is 8. The summed E-state index contributed by atoms with van der Waals surface area (Å²) in [6, 6.07) is 3.53. The molecule has 0 bridgehead atoms. The van der Waals surface area contributed by atoms with E-state index in [0.717, 1.165) is 36.7 Å². The van der Waals surface area contributed by atoms with Gasteiger partial charge in [0, 0.05) is 36.0 Å². The molecular formula is C30H27ClF3N7O3. The lowest BCUT2D eigenvalue weighted by Crippen LogP contribution is -2.29. The highest BCUT2D eigenvalue weighted by Crippen LogP contribution is 2.44. The predicted octanol–water partition coefficient (Wildman–Crippen LogP) is 6.02. The first-order valence-electron chi connectivity index (χ1n) is 13.9. The van der Waals surface area contributed by atoms with Crippen molar-refractivity contribution in [3.8, 4) is 17.0 Å². The van der Waals surface area contributed by atoms with Crippen LogP contribution >= 0.6 is 11.6 Å². The second kappa shape index (κ2) is 11.5. The Balaban J connectivity index is 1.21. The van der Waals surface area contributed by atoms with Crippen molar-refractivity contribution in [1.29, 1.82) is 0 Å². The zero-order valence-electron chi connectivity index (χ0n) is 23.9. The molecule has 1 aliphatic heterocycles. The summed E-state index contributed by atoms with van der Waals surface area (Å²) in [7, 11) is 1.53. The summed E-state index contributed by atoms with van der Waals surface area (Å²) < 4.78 is 49.3. The third-order valence-electron chi connectivity index (χ3n) is 8.27. The van der Waals surface area contributed by atoms with Crippen molar-refractivity contribution in [2.24, 2.45) is 11.8 Å². The Kier molecular flexibility index (Phi) is 7.74. The number of hydrogen-bond donors (Lipinski definition) is 1. The summed E-state index contributed by atoms with van der Waals surface area (Å²) in [6.45, 7) is 4.04. The van der Waals surface area contributed by atoms with Gasteiger partial charge < -0.3 is 10.1 Å². The molecule has 2 aliphatic rings. The molecule has 3 atom stereocenters. The minimum Gasteiger partial charge on any atom is -0.493 e. The average Bonchev–Trinajstić information content (AvgIpc) is 3.54. The Bertz CT molecular complexity index is 1780. The van der Waals surface area contributed by atoms with Gasteiger partial charge in [0.15, 0.2) is 17.4 Å². The summed E-state index contributed by atoms with van der Waals surface area (Å²) in [4.78, 5) is 40.5. The zero-order chi connectivity index (χ0) is 31.3. The first-order valence-corrected chi connectivity index (χ1v) is 14.3. The fourth-order valence-electron chi connectivity index (χ4n) is 5.61. The normalized spacial score (nSPS) is 18.3. The molecule has 1 saturated carbocycles. The first-order chi connectivity index (χ1) is 21.1. The molecule has 44 heavy (non-hydrogen) atoms. The minimum absolute atomic E-state index is 0.0724. The Morgan fingerprint density at radius 1 is 1.18 bits per heavy atom. The van der Waals surface area contributed by atoms with E-state index in [4.69, 9.17) is 16.3 Å². The smallest absolute Gasteiger partial charge is 0.276 e. The maximum atomic E-state index is 14.8. The fraction of sp³-hybridized carbons (Fsp3) is 0.333. The number of amides is 2. The Morgan fingerprint density at radius 3 is 2.64 bits per heavy atom. The van der Waals surface area contributed by atoms with Crippen LogP contribution in [0.4, 0.5) is 24.7 Å². The van der Waals surface area contributed by atoms with Gasteiger partial charge in [0.1, 0.15) is 5.69 Å². The highest BCUT2D eigenvalue weighted by molar-refractivity contribution is 6.31. The number of nitrogens with one attached hydrogen (secondary N) is 1. The van der Waals surface area contributed by atoms with Crippen LogP contribution in [0.3, 0.4) is 0 Å². The van der Waals surface area contributed by atoms with Crippen molar-refractivity contribution in [3.05, 3.63) is 76.3 Å². The number of carbonyl (C=O) groups excluding carboxylic acids is 2. The maximum Gasteiger partial charge on any atom is 0.276 e. The van der Waals surface area contributed by atoms with E-state index in [0.29, 0.717) is 29.7 Å². The molecule has 1 N–H and O–H groups in total. The van der Waals surface area contributed by atoms with Gasteiger partial charge in [0.2, 0.25) is 5.91 Å². The van der Waals surface area contributed by atoms with Crippen molar-refractivity contribution < 1.29 is 27.5 Å². The lowest BCUT2D eigenvalue weighted by atomic mass is 9.76. The molecule has 1 saturated heterocycles. The van der Waals surface area contributed by atoms with Crippen LogP contribution < -0.4 is 15.0 Å². The predicted molar refractivity (Wildman–Crippen MR) is 155 cm³/mol. The average molecular weight is 626 g/mol. The lowest BCUT2D eigenvalue weighted by Gasteiger charge is -2.25. The molecule has 4 heterocycles. The number of aromatic nitrogens is 5. The van der Waals surface area contributed by atoms with Gasteiger partial charge in [-0.1, -0.05) is 17.7 Å². The van der Waals surface area contributed by atoms with Gasteiger partial charge in [0.25, 0.3) is 12.3 Å². The van der Waals surface area contributed by atoms with Crippen molar-refractivity contribution >= 4 is 34.9 Å². The highest BCUT2D eigenvalue weighted by atomic mass is 35.5. The number of ether oxygens (including phenoxy) is 1. The Labute approximate surface area is 255 Å². The molecule has 228 valence electrons. The largest absolute Gasteiger partial charge is 0.493 e. The number of anilines is 2. The van der Waals surface area contributed by atoms with Gasteiger partial charge in [-0.2, -0.15) is 5.10 Å². The summed E-state index contributed by atoms with van der Waals surface area (Å²) in [5.74, 6) is -0.278. The number of hydrogen-bond acceptors (Lipinski definition) is 7. The molecule has 0 spiro atoms. The maximum absolute atomic E-state index is 14.8. The van der Waals surface area contributed by atoms with E-state index >= 15 is 0 Å². The minimum atomic E-state index is -3.01. The van der Waals surface area contributed by atoms with Crippen LogP contribution in [0.25, 0.3) is 11.3 Å². The van der Waals surface area contributed by atoms with E-state index in [1.165, 1.54) is 20.2 Å². The third kappa shape index (κ3) is 5.14. The summed E-state index contributed by atoms with van der Waals surface area (Å²) in [5.41, 5.74) is -0.293. The van der Waals surface area contributed by atoms with Gasteiger partial charge in [-0.05, 0) is 50.3 Å². The van der Waals surface area contributed by atoms with Crippen molar-refractivity contribution in [2.45, 2.75) is 39.2 Å². The van der Waals surface area contributed by atoms with Crippen molar-refractivity contribution in [1.82, 2.24) is 24.7 Å². The number of methoxy groups -OCH3 is 1. The van der Waals surface area contributed by atoms with E-state index in [1.807, 2.05) is 13.0 Å². The Morgan fingerprint density at radius 2 is 1.98 bits per heavy atom. The molecule has 2 fully saturated rings. The topological polar surface area (TPSA) is 115 Å². The van der Waals surface area contributed by atoms with Gasteiger partial charge in [0.05, 0.1) is 47.6 Å². The number of fused-ring (bicyclic) bond motifs is 1. The Hall–Kier alpha value is -4.52. The number of carbonyl (C=O) groups is 2. The van der Waals surface area contributed by atoms with Crippen LogP contribution in [-0.4, -0.2) is 50.2 Å². The second-order valence-corrected chi connectivity index (χ2v) is 11.2. The molecule has 1 unspecified atom stereocenters. The number of nitrogens with zero attached hydrogens (tertiary/aromatic N) is 6. The number of alkyl halides is 2. The summed E-state index contributed by atoms with van der Waals surface area (Å²) >= 11 is 5.84. The number of aryl methyl sites for hydroxylation is 1. The highest BCUT2D eigenvalue weighted by Gasteiger charge is 2.47. The first kappa shape index (κ1) is 29.5. The van der Waals surface area contributed by atoms with Crippen LogP contribution in [0, 0.1) is 24.6 Å². The van der Waals surface area contributed by atoms with E-state index in [1.54, 1.807) is 22.0 Å². The van der Waals surface area contributed by atoms with Crippen LogP contribution in [0.1, 0.15) is 59.5 Å². The molecule has 14 heteroatoms. The SMILES string of the molecule is COc1cc(C(C)n2cc(NC(=O)c3nc(-c4c(C(F)F)ccc(Cl)c4F)cnc3C)cn2)cnc1N1C[C@H]2CC[C@H]2C1=O. The number of halogens is 4. The molecule has 1 aromatic carbocycles. The van der Waals surface area contributed by atoms with Gasteiger partial charge in [-0.15, -0.1) is 0 Å². The van der Waals surface area contributed by atoms with Crippen LogP contribution in [0.5, 0.6) is 5.75 Å². The molecule has 6 rings (SSSR count). The number of benzene rings is 1. The molecular weight excluding hydrogens is 599 g/mol. The van der Waals surface area contributed by atoms with Gasteiger partial charge >= 0.3 is 0 Å². The summed E-state index contributed by atoms with van der Waals surface area (Å²) in [6.07, 6.45) is 4.77. The summed E-state index contributed by atoms with van der Waals surface area (Å²) in [5, 5.41) is 6.68. The van der Waals surface area contributed by atoms with Crippen molar-refractivity contribution in [3.63, 3.8) is 0 Å². The molecule has 2 amide bonds. The molecule has 0 radical (unpaired) electrons. The van der Waals surface area contributed by atoms with Crippen LogP contribution in [-0.2, 0) is 4.79 Å². The van der Waals surface area contributed by atoms with Crippen LogP contribution in [0.2, 0.25) is 5.02 Å². The van der Waals surface area contributed by atoms with E-state index in [-0.39, 0.29) is 40.0 Å². The third-order valence-corrected chi connectivity index (χ3v) is 8.57. The second-order valence-electron chi connectivity index (χ2n) is 10.8. The zero-order valence-corrected chi connectivity index (χ0v) is 24.6. The van der Waals surface area contributed by atoms with E-state index < -0.39 is 29.3 Å². The van der Waals surface area contributed by atoms with Gasteiger partial charge in [-0.25, -0.2) is 23.1 Å². The van der Waals surface area contributed by atoms with E-state index in [2.05, 4.69) is 25.4 Å². The van der Waals surface area contributed by atoms with E-state index in [9.17, 15) is 22.8 Å². The van der Waals surface area contributed by atoms with Gasteiger partial charge in [-0.3, -0.25) is 24.2 Å². The standard InChI is InChI=1S/C30H27ClF3N7O3/c1-14-26(39-22(11-35-14)24-20(27(33)34)6-7-21(31)25(24)32)29(42)38-18-10-37-41(13-18)15(2)17-8-23(44-3)28(36-9-17)40-12-16-4-5-19(16)30(40)43/h6-11,13,15-16,19,27H,4-5,12H2,1-3H3,(H,38,42)/t15?,16-,19-/m1/s1. The molecule has 1 aliphatic carbocycles. The molecule has 10 nitrogen and oxygen atoms in total. The van der Waals surface area contributed by atoms with Crippen molar-refractivity contribution in [2.75, 3.05) is 23.9 Å². The number of pyridine rings is 1. The van der Waals surface area contributed by atoms with Crippen LogP contribution in [0.15, 0.2) is 43.0 Å². The monoisotopic (exact) mass is 625 g/mol. The molecule has 4 aromatic rings.